The summed E-state index contributed by atoms with van der Waals surface area (Å²) in [6, 6.07) is 22.1. The molecule has 0 saturated heterocycles. The Hall–Kier alpha value is -3.70. The Morgan fingerprint density at radius 3 is 2.20 bits per heavy atom. The molecule has 0 aliphatic heterocycles. The van der Waals surface area contributed by atoms with Crippen molar-refractivity contribution in [1.29, 1.82) is 0 Å². The number of nitrogens with one attached hydrogen (secondary N) is 2. The van der Waals surface area contributed by atoms with Gasteiger partial charge in [-0.05, 0) is 48.9 Å². The van der Waals surface area contributed by atoms with Gasteiger partial charge in [-0.1, -0.05) is 60.1 Å². The van der Waals surface area contributed by atoms with Gasteiger partial charge in [-0.25, -0.2) is 0 Å². The largest absolute Gasteiger partial charge is 0.321 e. The van der Waals surface area contributed by atoms with Gasteiger partial charge in [0, 0.05) is 21.8 Å². The van der Waals surface area contributed by atoms with Gasteiger partial charge in [0.05, 0.1) is 0 Å². The minimum absolute atomic E-state index is 0.0187. The standard InChI is InChI=1S/C24H19ClN2O3/c1-16(28)18-11-7-12-20(14-18)26-24(30)22(15-19-10-5-6-13-21(19)25)27-23(29)17-8-3-2-4-9-17/h2-15H,1H3,(H,26,30)(H,27,29)/b22-15-. The van der Waals surface area contributed by atoms with E-state index in [9.17, 15) is 14.4 Å². The Kier molecular flexibility index (Phi) is 6.78. The molecule has 0 heterocycles. The van der Waals surface area contributed by atoms with Gasteiger partial charge in [0.1, 0.15) is 5.70 Å². The summed E-state index contributed by atoms with van der Waals surface area (Å²) in [5.41, 5.74) is 1.92. The molecule has 3 aromatic carbocycles. The van der Waals surface area contributed by atoms with E-state index in [0.29, 0.717) is 27.4 Å². The van der Waals surface area contributed by atoms with Crippen LogP contribution >= 0.6 is 11.6 Å². The summed E-state index contributed by atoms with van der Waals surface area (Å²) in [5.74, 6) is -1.09. The first-order valence-corrected chi connectivity index (χ1v) is 9.57. The van der Waals surface area contributed by atoms with E-state index in [1.807, 2.05) is 0 Å². The lowest BCUT2D eigenvalue weighted by molar-refractivity contribution is -0.113. The molecule has 6 heteroatoms. The number of benzene rings is 3. The molecule has 30 heavy (non-hydrogen) atoms. The van der Waals surface area contributed by atoms with E-state index in [4.69, 9.17) is 11.6 Å². The summed E-state index contributed by atoms with van der Waals surface area (Å²) in [6.07, 6.45) is 1.51. The second kappa shape index (κ2) is 9.67. The summed E-state index contributed by atoms with van der Waals surface area (Å²) < 4.78 is 0. The highest BCUT2D eigenvalue weighted by atomic mass is 35.5. The first-order valence-electron chi connectivity index (χ1n) is 9.19. The smallest absolute Gasteiger partial charge is 0.272 e. The number of hydrogen-bond acceptors (Lipinski definition) is 3. The van der Waals surface area contributed by atoms with E-state index >= 15 is 0 Å². The number of rotatable bonds is 6. The van der Waals surface area contributed by atoms with Gasteiger partial charge < -0.3 is 10.6 Å². The number of halogens is 1. The van der Waals surface area contributed by atoms with Crippen molar-refractivity contribution < 1.29 is 14.4 Å². The van der Waals surface area contributed by atoms with Crippen LogP contribution in [0.3, 0.4) is 0 Å². The molecule has 2 N–H and O–H groups in total. The number of ketones is 1. The second-order valence-electron chi connectivity index (χ2n) is 6.49. The molecule has 0 atom stereocenters. The van der Waals surface area contributed by atoms with Crippen LogP contribution in [0, 0.1) is 0 Å². The molecule has 0 saturated carbocycles. The lowest BCUT2D eigenvalue weighted by Crippen LogP contribution is -2.30. The van der Waals surface area contributed by atoms with E-state index in [-0.39, 0.29) is 11.5 Å². The van der Waals surface area contributed by atoms with Crippen molar-refractivity contribution in [2.24, 2.45) is 0 Å². The van der Waals surface area contributed by atoms with Crippen molar-refractivity contribution >= 4 is 41.0 Å². The lowest BCUT2D eigenvalue weighted by Gasteiger charge is -2.12. The normalized spacial score (nSPS) is 10.9. The fourth-order valence-corrected chi connectivity index (χ4v) is 2.89. The van der Waals surface area contributed by atoms with E-state index in [1.54, 1.807) is 78.9 Å². The molecule has 0 radical (unpaired) electrons. The number of amides is 2. The highest BCUT2D eigenvalue weighted by molar-refractivity contribution is 6.32. The molecule has 0 spiro atoms. The molecule has 0 unspecified atom stereocenters. The number of carbonyl (C=O) groups is 3. The predicted molar refractivity (Wildman–Crippen MR) is 118 cm³/mol. The van der Waals surface area contributed by atoms with Crippen LogP contribution in [0.2, 0.25) is 5.02 Å². The summed E-state index contributed by atoms with van der Waals surface area (Å²) in [5, 5.41) is 5.81. The fraction of sp³-hybridized carbons (Fsp3) is 0.0417. The Bertz CT molecular complexity index is 1120. The zero-order valence-electron chi connectivity index (χ0n) is 16.2. The number of hydrogen-bond donors (Lipinski definition) is 2. The first-order chi connectivity index (χ1) is 14.4. The van der Waals surface area contributed by atoms with Crippen molar-refractivity contribution in [3.63, 3.8) is 0 Å². The summed E-state index contributed by atoms with van der Waals surface area (Å²) in [7, 11) is 0. The maximum Gasteiger partial charge on any atom is 0.272 e. The van der Waals surface area contributed by atoms with Crippen LogP contribution in [0.15, 0.2) is 84.6 Å². The van der Waals surface area contributed by atoms with Gasteiger partial charge in [-0.2, -0.15) is 0 Å². The minimum Gasteiger partial charge on any atom is -0.321 e. The second-order valence-corrected chi connectivity index (χ2v) is 6.90. The molecular weight excluding hydrogens is 400 g/mol. The van der Waals surface area contributed by atoms with Gasteiger partial charge in [0.25, 0.3) is 11.8 Å². The van der Waals surface area contributed by atoms with Crippen molar-refractivity contribution in [3.8, 4) is 0 Å². The summed E-state index contributed by atoms with van der Waals surface area (Å²) in [4.78, 5) is 37.2. The SMILES string of the molecule is CC(=O)c1cccc(NC(=O)/C(=C/c2ccccc2Cl)NC(=O)c2ccccc2)c1. The highest BCUT2D eigenvalue weighted by Gasteiger charge is 2.16. The number of Topliss-reactive ketones (excluding diaryl/α,β-unsaturated/α-hetero) is 1. The third-order valence-electron chi connectivity index (χ3n) is 4.26. The third-order valence-corrected chi connectivity index (χ3v) is 4.61. The monoisotopic (exact) mass is 418 g/mol. The van der Waals surface area contributed by atoms with Crippen LogP contribution in [0.1, 0.15) is 33.2 Å². The average Bonchev–Trinajstić information content (AvgIpc) is 2.75. The van der Waals surface area contributed by atoms with Crippen molar-refractivity contribution in [2.45, 2.75) is 6.92 Å². The summed E-state index contributed by atoms with van der Waals surface area (Å²) >= 11 is 6.22. The van der Waals surface area contributed by atoms with E-state index in [1.165, 1.54) is 13.0 Å². The van der Waals surface area contributed by atoms with Gasteiger partial charge >= 0.3 is 0 Å². The maximum absolute atomic E-state index is 13.0. The molecule has 3 rings (SSSR count). The van der Waals surface area contributed by atoms with Gasteiger partial charge in [-0.15, -0.1) is 0 Å². The van der Waals surface area contributed by atoms with Crippen molar-refractivity contribution in [3.05, 3.63) is 106 Å². The fourth-order valence-electron chi connectivity index (χ4n) is 2.70. The Balaban J connectivity index is 1.91. The first kappa shape index (κ1) is 21.0. The van der Waals surface area contributed by atoms with Crippen LogP contribution in [0.4, 0.5) is 5.69 Å². The van der Waals surface area contributed by atoms with Crippen LogP contribution in [-0.2, 0) is 4.79 Å². The molecule has 0 fully saturated rings. The molecule has 150 valence electrons. The van der Waals surface area contributed by atoms with Crippen LogP contribution < -0.4 is 10.6 Å². The summed E-state index contributed by atoms with van der Waals surface area (Å²) in [6.45, 7) is 1.45. The van der Waals surface area contributed by atoms with Crippen LogP contribution in [0.25, 0.3) is 6.08 Å². The van der Waals surface area contributed by atoms with Crippen molar-refractivity contribution in [1.82, 2.24) is 5.32 Å². The molecule has 2 amide bonds. The molecule has 5 nitrogen and oxygen atoms in total. The zero-order valence-corrected chi connectivity index (χ0v) is 16.9. The van der Waals surface area contributed by atoms with Gasteiger partial charge in [-0.3, -0.25) is 14.4 Å². The third kappa shape index (κ3) is 5.43. The minimum atomic E-state index is -0.542. The topological polar surface area (TPSA) is 75.3 Å². The van der Waals surface area contributed by atoms with Crippen LogP contribution in [0.5, 0.6) is 0 Å². The maximum atomic E-state index is 13.0. The van der Waals surface area contributed by atoms with E-state index in [2.05, 4.69) is 10.6 Å². The number of anilines is 1. The average molecular weight is 419 g/mol. The van der Waals surface area contributed by atoms with E-state index < -0.39 is 11.8 Å². The van der Waals surface area contributed by atoms with Crippen LogP contribution in [-0.4, -0.2) is 17.6 Å². The molecular formula is C24H19ClN2O3. The highest BCUT2D eigenvalue weighted by Crippen LogP contribution is 2.19. The zero-order chi connectivity index (χ0) is 21.5. The lowest BCUT2D eigenvalue weighted by atomic mass is 10.1. The Morgan fingerprint density at radius 2 is 1.50 bits per heavy atom. The molecule has 3 aromatic rings. The molecule has 0 aliphatic rings. The van der Waals surface area contributed by atoms with Gasteiger partial charge in [0.2, 0.25) is 0 Å². The molecule has 0 bridgehead atoms. The molecule has 0 aromatic heterocycles. The Morgan fingerprint density at radius 1 is 0.833 bits per heavy atom. The molecule has 0 aliphatic carbocycles. The quantitative estimate of drug-likeness (QED) is 0.439. The predicted octanol–water partition coefficient (Wildman–Crippen LogP) is 4.95. The van der Waals surface area contributed by atoms with Crippen molar-refractivity contribution in [2.75, 3.05) is 5.32 Å². The van der Waals surface area contributed by atoms with Gasteiger partial charge in [0.15, 0.2) is 5.78 Å². The Labute approximate surface area is 179 Å². The number of carbonyl (C=O) groups excluding carboxylic acids is 3. The van der Waals surface area contributed by atoms with E-state index in [0.717, 1.165) is 0 Å².